The predicted octanol–water partition coefficient (Wildman–Crippen LogP) is 1.29. The van der Waals surface area contributed by atoms with Crippen LogP contribution >= 0.6 is 0 Å². The van der Waals surface area contributed by atoms with Crippen molar-refractivity contribution in [3.05, 3.63) is 0 Å². The van der Waals surface area contributed by atoms with Crippen molar-refractivity contribution in [2.75, 3.05) is 7.05 Å². The van der Waals surface area contributed by atoms with E-state index in [1.54, 1.807) is 0 Å². The van der Waals surface area contributed by atoms with Crippen LogP contribution in [0.15, 0.2) is 0 Å². The molecule has 2 heteroatoms. The number of hydrogen-bond acceptors (Lipinski definition) is 2. The van der Waals surface area contributed by atoms with Crippen LogP contribution in [-0.4, -0.2) is 23.8 Å². The van der Waals surface area contributed by atoms with Gasteiger partial charge < -0.3 is 10.4 Å². The summed E-state index contributed by atoms with van der Waals surface area (Å²) in [5, 5.41) is 13.1. The maximum absolute atomic E-state index is 9.95. The maximum atomic E-state index is 9.95. The lowest BCUT2D eigenvalue weighted by Gasteiger charge is -2.25. The van der Waals surface area contributed by atoms with Gasteiger partial charge in [-0.25, -0.2) is 0 Å². The van der Waals surface area contributed by atoms with Gasteiger partial charge in [-0.2, -0.15) is 0 Å². The normalized spacial score (nSPS) is 25.4. The van der Waals surface area contributed by atoms with Crippen molar-refractivity contribution in [1.82, 2.24) is 5.32 Å². The Hall–Kier alpha value is -0.0800. The third-order valence-corrected chi connectivity index (χ3v) is 2.71. The first kappa shape index (κ1) is 9.01. The second-order valence-electron chi connectivity index (χ2n) is 3.83. The zero-order chi connectivity index (χ0) is 8.32. The summed E-state index contributed by atoms with van der Waals surface area (Å²) < 4.78 is 0. The molecule has 11 heavy (non-hydrogen) atoms. The fourth-order valence-electron chi connectivity index (χ4n) is 1.91. The fourth-order valence-corrected chi connectivity index (χ4v) is 1.91. The largest absolute Gasteiger partial charge is 0.390 e. The molecule has 1 aliphatic carbocycles. The summed E-state index contributed by atoms with van der Waals surface area (Å²) in [6, 6.07) is 0.443. The van der Waals surface area contributed by atoms with E-state index in [-0.39, 0.29) is 5.60 Å². The second-order valence-corrected chi connectivity index (χ2v) is 3.83. The summed E-state index contributed by atoms with van der Waals surface area (Å²) in [5.41, 5.74) is -0.345. The van der Waals surface area contributed by atoms with Gasteiger partial charge in [-0.1, -0.05) is 12.8 Å². The third kappa shape index (κ3) is 2.46. The summed E-state index contributed by atoms with van der Waals surface area (Å²) >= 11 is 0. The lowest BCUT2D eigenvalue weighted by molar-refractivity contribution is 0.0309. The summed E-state index contributed by atoms with van der Waals surface area (Å²) in [6.07, 6.45) is 5.31. The summed E-state index contributed by atoms with van der Waals surface area (Å²) in [4.78, 5) is 0. The molecule has 0 aromatic heterocycles. The molecule has 1 unspecified atom stereocenters. The summed E-state index contributed by atoms with van der Waals surface area (Å²) in [7, 11) is 1.95. The number of rotatable bonds is 3. The van der Waals surface area contributed by atoms with Crippen LogP contribution in [0.1, 0.15) is 39.0 Å². The molecule has 0 saturated heterocycles. The van der Waals surface area contributed by atoms with Crippen molar-refractivity contribution in [1.29, 1.82) is 0 Å². The predicted molar refractivity (Wildman–Crippen MR) is 46.6 cm³/mol. The highest BCUT2D eigenvalue weighted by Crippen LogP contribution is 2.32. The van der Waals surface area contributed by atoms with Crippen molar-refractivity contribution in [3.63, 3.8) is 0 Å². The van der Waals surface area contributed by atoms with E-state index in [9.17, 15) is 5.11 Å². The monoisotopic (exact) mass is 157 g/mol. The summed E-state index contributed by atoms with van der Waals surface area (Å²) in [5.74, 6) is 0. The van der Waals surface area contributed by atoms with Gasteiger partial charge in [-0.05, 0) is 33.2 Å². The van der Waals surface area contributed by atoms with Gasteiger partial charge in [0.25, 0.3) is 0 Å². The topological polar surface area (TPSA) is 32.3 Å². The average Bonchev–Trinajstić information content (AvgIpc) is 2.36. The van der Waals surface area contributed by atoms with E-state index in [1.165, 1.54) is 12.8 Å². The van der Waals surface area contributed by atoms with Crippen LogP contribution in [0.3, 0.4) is 0 Å². The van der Waals surface area contributed by atoms with Gasteiger partial charge in [-0.15, -0.1) is 0 Å². The average molecular weight is 157 g/mol. The van der Waals surface area contributed by atoms with Crippen LogP contribution in [-0.2, 0) is 0 Å². The van der Waals surface area contributed by atoms with E-state index in [1.807, 2.05) is 7.05 Å². The van der Waals surface area contributed by atoms with Gasteiger partial charge in [0.05, 0.1) is 5.60 Å². The minimum absolute atomic E-state index is 0.345. The standard InChI is InChI=1S/C9H19NO/c1-8(10-2)7-9(11)5-3-4-6-9/h8,10-11H,3-7H2,1-2H3. The molecular formula is C9H19NO. The highest BCUT2D eigenvalue weighted by Gasteiger charge is 2.31. The Morgan fingerprint density at radius 2 is 2.00 bits per heavy atom. The molecule has 0 aliphatic heterocycles. The Balaban J connectivity index is 2.33. The van der Waals surface area contributed by atoms with Gasteiger partial charge in [0.2, 0.25) is 0 Å². The SMILES string of the molecule is CNC(C)CC1(O)CCCC1. The smallest absolute Gasteiger partial charge is 0.0662 e. The van der Waals surface area contributed by atoms with Crippen molar-refractivity contribution < 1.29 is 5.11 Å². The van der Waals surface area contributed by atoms with E-state index in [2.05, 4.69) is 12.2 Å². The Bertz CT molecular complexity index is 119. The molecule has 0 aromatic rings. The Labute approximate surface area is 69.0 Å². The van der Waals surface area contributed by atoms with Crippen LogP contribution in [0.5, 0.6) is 0 Å². The number of aliphatic hydroxyl groups is 1. The highest BCUT2D eigenvalue weighted by molar-refractivity contribution is 4.86. The molecule has 1 saturated carbocycles. The van der Waals surface area contributed by atoms with Crippen molar-refractivity contribution in [3.8, 4) is 0 Å². The van der Waals surface area contributed by atoms with Gasteiger partial charge in [0, 0.05) is 6.04 Å². The highest BCUT2D eigenvalue weighted by atomic mass is 16.3. The van der Waals surface area contributed by atoms with Crippen LogP contribution in [0, 0.1) is 0 Å². The number of nitrogens with one attached hydrogen (secondary N) is 1. The van der Waals surface area contributed by atoms with Crippen LogP contribution in [0.2, 0.25) is 0 Å². The molecule has 0 bridgehead atoms. The molecule has 0 radical (unpaired) electrons. The van der Waals surface area contributed by atoms with Crippen LogP contribution < -0.4 is 5.32 Å². The first-order valence-electron chi connectivity index (χ1n) is 4.56. The molecule has 0 amide bonds. The van der Waals surface area contributed by atoms with E-state index < -0.39 is 0 Å². The molecule has 0 heterocycles. The zero-order valence-corrected chi connectivity index (χ0v) is 7.56. The first-order chi connectivity index (χ1) is 5.16. The molecule has 0 aromatic carbocycles. The van der Waals surface area contributed by atoms with E-state index in [4.69, 9.17) is 0 Å². The minimum Gasteiger partial charge on any atom is -0.390 e. The van der Waals surface area contributed by atoms with Gasteiger partial charge in [0.1, 0.15) is 0 Å². The molecule has 2 nitrogen and oxygen atoms in total. The Morgan fingerprint density at radius 1 is 1.45 bits per heavy atom. The zero-order valence-electron chi connectivity index (χ0n) is 7.56. The Kier molecular flexibility index (Phi) is 2.90. The molecule has 1 atom stereocenters. The van der Waals surface area contributed by atoms with Crippen LogP contribution in [0.4, 0.5) is 0 Å². The lowest BCUT2D eigenvalue weighted by atomic mass is 9.94. The summed E-state index contributed by atoms with van der Waals surface area (Å²) in [6.45, 7) is 2.12. The second kappa shape index (κ2) is 3.55. The molecule has 1 aliphatic rings. The lowest BCUT2D eigenvalue weighted by Crippen LogP contribution is -2.34. The fraction of sp³-hybridized carbons (Fsp3) is 1.00. The quantitative estimate of drug-likeness (QED) is 0.647. The first-order valence-corrected chi connectivity index (χ1v) is 4.56. The van der Waals surface area contributed by atoms with Crippen molar-refractivity contribution in [2.24, 2.45) is 0 Å². The molecule has 0 spiro atoms. The third-order valence-electron chi connectivity index (χ3n) is 2.71. The molecule has 2 N–H and O–H groups in total. The van der Waals surface area contributed by atoms with Crippen molar-refractivity contribution in [2.45, 2.75) is 50.7 Å². The van der Waals surface area contributed by atoms with E-state index in [0.29, 0.717) is 6.04 Å². The molecule has 66 valence electrons. The van der Waals surface area contributed by atoms with E-state index in [0.717, 1.165) is 19.3 Å². The maximum Gasteiger partial charge on any atom is 0.0662 e. The van der Waals surface area contributed by atoms with Crippen molar-refractivity contribution >= 4 is 0 Å². The number of hydrogen-bond donors (Lipinski definition) is 2. The molecule has 1 fully saturated rings. The minimum atomic E-state index is -0.345. The van der Waals surface area contributed by atoms with Gasteiger partial charge in [0.15, 0.2) is 0 Å². The van der Waals surface area contributed by atoms with Gasteiger partial charge >= 0.3 is 0 Å². The van der Waals surface area contributed by atoms with Crippen LogP contribution in [0.25, 0.3) is 0 Å². The van der Waals surface area contributed by atoms with E-state index >= 15 is 0 Å². The van der Waals surface area contributed by atoms with Gasteiger partial charge in [-0.3, -0.25) is 0 Å². The Morgan fingerprint density at radius 3 is 2.45 bits per heavy atom. The molecular weight excluding hydrogens is 138 g/mol. The molecule has 1 rings (SSSR count).